The van der Waals surface area contributed by atoms with Gasteiger partial charge in [-0.1, -0.05) is 137 Å². The number of carbonyl (C=O) groups excluding carboxylic acids is 2. The van der Waals surface area contributed by atoms with Gasteiger partial charge in [-0.2, -0.15) is 0 Å². The number of fused-ring (bicyclic) bond motifs is 2. The zero-order valence-electron chi connectivity index (χ0n) is 39.5. The monoisotopic (exact) mass is 907 g/mol. The quantitative estimate of drug-likeness (QED) is 0.0302. The molecule has 1 saturated carbocycles. The lowest BCUT2D eigenvalue weighted by atomic mass is 9.55. The van der Waals surface area contributed by atoms with Crippen LogP contribution in [0.3, 0.4) is 0 Å². The zero-order valence-corrected chi connectivity index (χ0v) is 39.5. The fourth-order valence-electron chi connectivity index (χ4n) is 10.3. The SMILES string of the molecule is C=CCO[C@@]12Oc3ccc(Oc4cccc(C=O)c4)cc3[C@H]3[C@H](CCCCO)[C@@H](CCCCO)C=C(C(=NOCc4ccccc4)C[C@@H]1N(C)C(=O)OCCCCCCCCCCCC)[C@H]32. The first-order chi connectivity index (χ1) is 32.4. The first-order valence-corrected chi connectivity index (χ1v) is 24.7. The Kier molecular flexibility index (Phi) is 20.2. The average molecular weight is 907 g/mol. The van der Waals surface area contributed by atoms with Crippen LogP contribution in [0.15, 0.2) is 102 Å². The Morgan fingerprint density at radius 1 is 0.864 bits per heavy atom. The predicted octanol–water partition coefficient (Wildman–Crippen LogP) is 12.1. The zero-order chi connectivity index (χ0) is 46.6. The highest BCUT2D eigenvalue weighted by atomic mass is 16.7. The minimum absolute atomic E-state index is 0.0471. The summed E-state index contributed by atoms with van der Waals surface area (Å²) in [6, 6.07) is 22.1. The highest BCUT2D eigenvalue weighted by Crippen LogP contribution is 2.62. The van der Waals surface area contributed by atoms with Gasteiger partial charge in [0.05, 0.1) is 24.8 Å². The summed E-state index contributed by atoms with van der Waals surface area (Å²) in [7, 11) is 1.76. The number of nitrogens with zero attached hydrogens (tertiary/aromatic N) is 2. The lowest BCUT2D eigenvalue weighted by molar-refractivity contribution is -0.253. The van der Waals surface area contributed by atoms with Gasteiger partial charge in [-0.3, -0.25) is 4.79 Å². The molecule has 2 N–H and O–H groups in total. The topological polar surface area (TPSA) is 136 Å². The van der Waals surface area contributed by atoms with Crippen molar-refractivity contribution in [1.82, 2.24) is 4.90 Å². The largest absolute Gasteiger partial charge is 0.459 e. The third-order valence-electron chi connectivity index (χ3n) is 13.6. The van der Waals surface area contributed by atoms with Gasteiger partial charge in [0.2, 0.25) is 5.79 Å². The molecular weight excluding hydrogens is 833 g/mol. The third-order valence-corrected chi connectivity index (χ3v) is 13.6. The molecule has 0 bridgehead atoms. The number of likely N-dealkylation sites (N-methyl/N-ethyl adjacent to an activating group) is 1. The summed E-state index contributed by atoms with van der Waals surface area (Å²) in [6.07, 6.45) is 21.1. The number of unbranched alkanes of at least 4 members (excludes halogenated alkanes) is 11. The Labute approximate surface area is 393 Å². The van der Waals surface area contributed by atoms with Crippen molar-refractivity contribution in [2.24, 2.45) is 22.9 Å². The van der Waals surface area contributed by atoms with Gasteiger partial charge < -0.3 is 38.9 Å². The molecule has 6 atom stereocenters. The average Bonchev–Trinajstić information content (AvgIpc) is 3.34. The smallest absolute Gasteiger partial charge is 0.409 e. The number of benzene rings is 3. The second-order valence-electron chi connectivity index (χ2n) is 18.2. The Hall–Kier alpha value is -4.97. The number of hydrogen-bond donors (Lipinski definition) is 2. The number of aliphatic hydroxyl groups excluding tert-OH is 2. The maximum atomic E-state index is 14.3. The number of aliphatic hydroxyl groups is 2. The molecule has 2 aliphatic carbocycles. The molecule has 3 aromatic carbocycles. The van der Waals surface area contributed by atoms with Crippen LogP contribution in [0.1, 0.15) is 143 Å². The standard InChI is InChI=1S/C55H74N2O9/c1-4-6-7-8-9-10-11-12-13-21-34-62-54(61)57(3)51-38-49(56-64-40-41-23-15-14-16-24-41)47-36-43(26-17-19-31-58)46(28-18-20-32-59)52-48-37-45(65-44-27-22-25-42(35-44)39-60)29-30-50(48)66-55(51,53(47)52)63-33-5-2/h5,14-16,22-25,27,29-30,35-37,39,43,46,51-53,58-59H,2,4,6-13,17-21,26,28,31-34,38,40H2,1,3H3/t43-,46+,51-,52+,53+,55+/m0/s1. The Balaban J connectivity index is 1.39. The number of amides is 1. The number of oxime groups is 1. The Morgan fingerprint density at radius 2 is 1.58 bits per heavy atom. The van der Waals surface area contributed by atoms with E-state index < -0.39 is 23.8 Å². The van der Waals surface area contributed by atoms with Crippen LogP contribution in [0.2, 0.25) is 0 Å². The van der Waals surface area contributed by atoms with Crippen LogP contribution in [-0.4, -0.2) is 78.5 Å². The second-order valence-corrected chi connectivity index (χ2v) is 18.2. The lowest BCUT2D eigenvalue weighted by Crippen LogP contribution is -2.69. The van der Waals surface area contributed by atoms with Crippen LogP contribution in [0.4, 0.5) is 4.79 Å². The molecule has 3 aromatic rings. The number of aldehydes is 1. The molecule has 0 spiro atoms. The maximum absolute atomic E-state index is 14.3. The summed E-state index contributed by atoms with van der Waals surface area (Å²) in [5.74, 6) is -0.231. The van der Waals surface area contributed by atoms with E-state index in [2.05, 4.69) is 19.6 Å². The number of ether oxygens (including phenoxy) is 4. The fourth-order valence-corrected chi connectivity index (χ4v) is 10.3. The van der Waals surface area contributed by atoms with Gasteiger partial charge >= 0.3 is 6.09 Å². The van der Waals surface area contributed by atoms with E-state index in [9.17, 15) is 19.8 Å². The van der Waals surface area contributed by atoms with E-state index in [0.717, 1.165) is 67.9 Å². The van der Waals surface area contributed by atoms with E-state index >= 15 is 0 Å². The van der Waals surface area contributed by atoms with Gasteiger partial charge in [0.25, 0.3) is 0 Å². The third kappa shape index (κ3) is 13.1. The highest BCUT2D eigenvalue weighted by Gasteiger charge is 2.65. The Bertz CT molecular complexity index is 2040. The van der Waals surface area contributed by atoms with Crippen LogP contribution in [0.5, 0.6) is 17.2 Å². The van der Waals surface area contributed by atoms with Crippen molar-refractivity contribution >= 4 is 18.1 Å². The summed E-state index contributed by atoms with van der Waals surface area (Å²) in [5, 5.41) is 24.8. The van der Waals surface area contributed by atoms with Crippen molar-refractivity contribution in [2.45, 2.75) is 140 Å². The molecule has 0 aromatic heterocycles. The normalized spacial score (nSPS) is 22.3. The summed E-state index contributed by atoms with van der Waals surface area (Å²) in [5.41, 5.74) is 4.08. The lowest BCUT2D eigenvalue weighted by Gasteiger charge is -2.59. The van der Waals surface area contributed by atoms with Gasteiger partial charge in [-0.25, -0.2) is 4.79 Å². The van der Waals surface area contributed by atoms with E-state index in [1.165, 1.54) is 44.9 Å². The van der Waals surface area contributed by atoms with Crippen LogP contribution < -0.4 is 9.47 Å². The molecule has 0 saturated heterocycles. The molecule has 358 valence electrons. The van der Waals surface area contributed by atoms with Crippen molar-refractivity contribution in [3.63, 3.8) is 0 Å². The van der Waals surface area contributed by atoms with Crippen molar-refractivity contribution < 1.29 is 43.6 Å². The molecule has 0 unspecified atom stereocenters. The minimum atomic E-state index is -1.40. The molecule has 11 nitrogen and oxygen atoms in total. The Morgan fingerprint density at radius 3 is 2.29 bits per heavy atom. The van der Waals surface area contributed by atoms with Crippen LogP contribution in [0.25, 0.3) is 0 Å². The highest BCUT2D eigenvalue weighted by molar-refractivity contribution is 6.03. The molecule has 66 heavy (non-hydrogen) atoms. The number of rotatable bonds is 29. The second kappa shape index (κ2) is 26.4. The van der Waals surface area contributed by atoms with Gasteiger partial charge in [0.15, 0.2) is 0 Å². The molecule has 11 heteroatoms. The van der Waals surface area contributed by atoms with Crippen molar-refractivity contribution in [3.8, 4) is 17.2 Å². The van der Waals surface area contributed by atoms with Crippen LogP contribution >= 0.6 is 0 Å². The van der Waals surface area contributed by atoms with E-state index in [-0.39, 0.29) is 50.6 Å². The van der Waals surface area contributed by atoms with E-state index in [1.54, 1.807) is 36.2 Å². The maximum Gasteiger partial charge on any atom is 0.409 e. The van der Waals surface area contributed by atoms with E-state index in [4.69, 9.17) is 28.9 Å². The van der Waals surface area contributed by atoms with Gasteiger partial charge in [0, 0.05) is 43.7 Å². The molecular formula is C55H74N2O9. The molecule has 1 heterocycles. The number of hydrogen-bond acceptors (Lipinski definition) is 10. The van der Waals surface area contributed by atoms with Gasteiger partial charge in [-0.15, -0.1) is 6.58 Å². The van der Waals surface area contributed by atoms with Crippen molar-refractivity contribution in [1.29, 1.82) is 0 Å². The molecule has 6 rings (SSSR count). The molecule has 1 fully saturated rings. The van der Waals surface area contributed by atoms with E-state index in [0.29, 0.717) is 48.0 Å². The number of carbonyl (C=O) groups is 2. The van der Waals surface area contributed by atoms with Gasteiger partial charge in [-0.05, 0) is 85.4 Å². The summed E-state index contributed by atoms with van der Waals surface area (Å²) >= 11 is 0. The summed E-state index contributed by atoms with van der Waals surface area (Å²) in [6.45, 7) is 7.21. The number of allylic oxidation sites excluding steroid dienone is 1. The molecule has 1 amide bonds. The molecule has 1 aliphatic heterocycles. The molecule has 3 aliphatic rings. The van der Waals surface area contributed by atoms with Crippen molar-refractivity contribution in [3.05, 3.63) is 114 Å². The molecule has 0 radical (unpaired) electrons. The van der Waals surface area contributed by atoms with Gasteiger partial charge in [0.1, 0.15) is 36.2 Å². The first-order valence-electron chi connectivity index (χ1n) is 24.7. The van der Waals surface area contributed by atoms with Crippen LogP contribution in [0, 0.1) is 17.8 Å². The predicted molar refractivity (Wildman–Crippen MR) is 259 cm³/mol. The van der Waals surface area contributed by atoms with E-state index in [1.807, 2.05) is 54.6 Å². The fraction of sp³-hybridized carbons (Fsp3) is 0.545. The first kappa shape index (κ1) is 50.4. The summed E-state index contributed by atoms with van der Waals surface area (Å²) in [4.78, 5) is 33.8. The van der Waals surface area contributed by atoms with Crippen molar-refractivity contribution in [2.75, 3.05) is 33.5 Å². The summed E-state index contributed by atoms with van der Waals surface area (Å²) < 4.78 is 26.8. The van der Waals surface area contributed by atoms with Crippen LogP contribution in [-0.2, 0) is 20.9 Å². The minimum Gasteiger partial charge on any atom is -0.459 e.